The molecule has 6 nitrogen and oxygen atoms in total. The third-order valence-corrected chi connectivity index (χ3v) is 4.97. The monoisotopic (exact) mass is 368 g/mol. The van der Waals surface area contributed by atoms with Gasteiger partial charge in [-0.15, -0.1) is 0 Å². The zero-order chi connectivity index (χ0) is 19.3. The first-order chi connectivity index (χ1) is 12.9. The van der Waals surface area contributed by atoms with Crippen LogP contribution in [0, 0.1) is 5.82 Å². The number of anilines is 1. The van der Waals surface area contributed by atoms with Crippen LogP contribution in [0.25, 0.3) is 10.9 Å². The first-order valence-electron chi connectivity index (χ1n) is 8.42. The molecule has 0 saturated carbocycles. The average molecular weight is 368 g/mol. The molecule has 0 atom stereocenters. The van der Waals surface area contributed by atoms with Crippen molar-refractivity contribution in [3.05, 3.63) is 63.7 Å². The van der Waals surface area contributed by atoms with Gasteiger partial charge < -0.3 is 19.3 Å². The molecule has 1 N–H and O–H groups in total. The quantitative estimate of drug-likeness (QED) is 0.755. The molecule has 0 saturated heterocycles. The molecule has 1 aromatic heterocycles. The molecule has 1 aliphatic heterocycles. The molecule has 7 heteroatoms. The van der Waals surface area contributed by atoms with Crippen LogP contribution >= 0.6 is 0 Å². The molecule has 3 aromatic rings. The number of hydrogen-bond donors (Lipinski definition) is 1. The zero-order valence-electron chi connectivity index (χ0n) is 14.8. The second kappa shape index (κ2) is 6.12. The number of methoxy groups -OCH3 is 1. The normalized spacial score (nSPS) is 13.1. The second-order valence-electron chi connectivity index (χ2n) is 6.45. The van der Waals surface area contributed by atoms with Crippen molar-refractivity contribution in [3.8, 4) is 11.5 Å². The minimum absolute atomic E-state index is 0.310. The number of aryl methyl sites for hydroxylation is 1. The van der Waals surface area contributed by atoms with Gasteiger partial charge in [-0.3, -0.25) is 9.59 Å². The Labute approximate surface area is 154 Å². The van der Waals surface area contributed by atoms with Gasteiger partial charge in [0.2, 0.25) is 0 Å². The summed E-state index contributed by atoms with van der Waals surface area (Å²) >= 11 is 0. The Morgan fingerprint density at radius 1 is 1.22 bits per heavy atom. The smallest absolute Gasteiger partial charge is 0.267 e. The molecular weight excluding hydrogens is 351 g/mol. The number of hydrogen-bond acceptors (Lipinski definition) is 4. The largest absolute Gasteiger partial charge is 0.506 e. The van der Waals surface area contributed by atoms with Crippen LogP contribution in [0.15, 0.2) is 41.2 Å². The number of aromatic nitrogens is 1. The number of amides is 1. The zero-order valence-corrected chi connectivity index (χ0v) is 14.8. The van der Waals surface area contributed by atoms with E-state index in [1.54, 1.807) is 25.2 Å². The van der Waals surface area contributed by atoms with E-state index in [4.69, 9.17) is 4.74 Å². The molecule has 0 unspecified atom stereocenters. The maximum Gasteiger partial charge on any atom is 0.267 e. The molecule has 2 heterocycles. The van der Waals surface area contributed by atoms with E-state index < -0.39 is 11.5 Å². The molecular formula is C20H17FN2O4. The van der Waals surface area contributed by atoms with Gasteiger partial charge in [0.25, 0.3) is 11.5 Å². The van der Waals surface area contributed by atoms with Crippen molar-refractivity contribution in [3.63, 3.8) is 0 Å². The van der Waals surface area contributed by atoms with Crippen LogP contribution in [0.5, 0.6) is 11.5 Å². The Morgan fingerprint density at radius 3 is 2.74 bits per heavy atom. The van der Waals surface area contributed by atoms with Gasteiger partial charge in [-0.2, -0.15) is 0 Å². The molecule has 2 aromatic carbocycles. The lowest BCUT2D eigenvalue weighted by molar-refractivity contribution is 0.0985. The summed E-state index contributed by atoms with van der Waals surface area (Å²) in [6, 6.07) is 9.07. The SMILES string of the molecule is COc1ccc2c(c1)c(O)c(C(=O)N1CCc3cc(F)ccc31)c(=O)n2C. The van der Waals surface area contributed by atoms with Crippen LogP contribution in [0.1, 0.15) is 15.9 Å². The van der Waals surface area contributed by atoms with Crippen molar-refractivity contribution in [1.82, 2.24) is 4.57 Å². The number of benzene rings is 2. The molecule has 1 amide bonds. The van der Waals surface area contributed by atoms with Crippen LogP contribution in [0.3, 0.4) is 0 Å². The fraction of sp³-hybridized carbons (Fsp3) is 0.200. The van der Waals surface area contributed by atoms with E-state index in [2.05, 4.69) is 0 Å². The molecule has 0 bridgehead atoms. The van der Waals surface area contributed by atoms with E-state index in [9.17, 15) is 19.1 Å². The fourth-order valence-corrected chi connectivity index (χ4v) is 3.55. The molecule has 0 spiro atoms. The van der Waals surface area contributed by atoms with Gasteiger partial charge in [0.15, 0.2) is 0 Å². The maximum atomic E-state index is 13.4. The van der Waals surface area contributed by atoms with Crippen molar-refractivity contribution in [2.24, 2.45) is 7.05 Å². The number of halogens is 1. The summed E-state index contributed by atoms with van der Waals surface area (Å²) in [5.41, 5.74) is 0.829. The van der Waals surface area contributed by atoms with E-state index in [1.807, 2.05) is 0 Å². The van der Waals surface area contributed by atoms with Gasteiger partial charge in [0, 0.05) is 24.7 Å². The first-order valence-corrected chi connectivity index (χ1v) is 8.42. The van der Waals surface area contributed by atoms with Gasteiger partial charge in [-0.25, -0.2) is 4.39 Å². The number of rotatable bonds is 2. The van der Waals surface area contributed by atoms with E-state index in [0.717, 1.165) is 0 Å². The van der Waals surface area contributed by atoms with Crippen LogP contribution in [-0.2, 0) is 13.5 Å². The fourth-order valence-electron chi connectivity index (χ4n) is 3.55. The van der Waals surface area contributed by atoms with E-state index in [1.165, 1.54) is 34.8 Å². The number of ether oxygens (including phenoxy) is 1. The van der Waals surface area contributed by atoms with Crippen LogP contribution < -0.4 is 15.2 Å². The van der Waals surface area contributed by atoms with Crippen LogP contribution in [0.2, 0.25) is 0 Å². The van der Waals surface area contributed by atoms with Crippen molar-refractivity contribution in [2.45, 2.75) is 6.42 Å². The molecule has 4 rings (SSSR count). The Kier molecular flexibility index (Phi) is 3.87. The standard InChI is InChI=1S/C20H17FN2O4/c1-22-16-6-4-13(27-2)10-14(16)18(24)17(19(22)25)20(26)23-8-7-11-9-12(21)3-5-15(11)23/h3-6,9-10,24H,7-8H2,1-2H3. The summed E-state index contributed by atoms with van der Waals surface area (Å²) < 4.78 is 19.9. The molecule has 1 aliphatic rings. The highest BCUT2D eigenvalue weighted by atomic mass is 19.1. The number of nitrogens with zero attached hydrogens (tertiary/aromatic N) is 2. The maximum absolute atomic E-state index is 13.4. The van der Waals surface area contributed by atoms with Crippen molar-refractivity contribution >= 4 is 22.5 Å². The van der Waals surface area contributed by atoms with Crippen LogP contribution in [0.4, 0.5) is 10.1 Å². The first kappa shape index (κ1) is 17.1. The summed E-state index contributed by atoms with van der Waals surface area (Å²) in [5.74, 6) is -0.868. The lowest BCUT2D eigenvalue weighted by atomic mass is 10.1. The molecule has 0 aliphatic carbocycles. The third-order valence-electron chi connectivity index (χ3n) is 4.97. The minimum Gasteiger partial charge on any atom is -0.506 e. The third kappa shape index (κ3) is 2.54. The van der Waals surface area contributed by atoms with Gasteiger partial charge in [-0.05, 0) is 48.4 Å². The lowest BCUT2D eigenvalue weighted by Gasteiger charge is -2.19. The molecule has 27 heavy (non-hydrogen) atoms. The highest BCUT2D eigenvalue weighted by Crippen LogP contribution is 2.33. The van der Waals surface area contributed by atoms with Crippen molar-refractivity contribution < 1.29 is 19.0 Å². The number of carbonyl (C=O) groups is 1. The predicted octanol–water partition coefficient (Wildman–Crippen LogP) is 2.59. The van der Waals surface area contributed by atoms with Crippen molar-refractivity contribution in [1.29, 1.82) is 0 Å². The Morgan fingerprint density at radius 2 is 2.00 bits per heavy atom. The summed E-state index contributed by atoms with van der Waals surface area (Å²) in [6.07, 6.45) is 0.487. The predicted molar refractivity (Wildman–Crippen MR) is 99.2 cm³/mol. The van der Waals surface area contributed by atoms with Gasteiger partial charge >= 0.3 is 0 Å². The van der Waals surface area contributed by atoms with Gasteiger partial charge in [0.05, 0.1) is 12.6 Å². The highest BCUT2D eigenvalue weighted by Gasteiger charge is 2.31. The number of aromatic hydroxyl groups is 1. The summed E-state index contributed by atoms with van der Waals surface area (Å²) in [4.78, 5) is 27.3. The summed E-state index contributed by atoms with van der Waals surface area (Å²) in [5, 5.41) is 11.1. The summed E-state index contributed by atoms with van der Waals surface area (Å²) in [6.45, 7) is 0.316. The second-order valence-corrected chi connectivity index (χ2v) is 6.45. The minimum atomic E-state index is -0.608. The number of carbonyl (C=O) groups excluding carboxylic acids is 1. The van der Waals surface area contributed by atoms with Crippen molar-refractivity contribution in [2.75, 3.05) is 18.6 Å². The van der Waals surface area contributed by atoms with E-state index in [0.29, 0.717) is 40.9 Å². The summed E-state index contributed by atoms with van der Waals surface area (Å²) in [7, 11) is 3.03. The molecule has 0 radical (unpaired) electrons. The van der Waals surface area contributed by atoms with Crippen LogP contribution in [-0.4, -0.2) is 29.2 Å². The van der Waals surface area contributed by atoms with E-state index >= 15 is 0 Å². The molecule has 0 fully saturated rings. The lowest BCUT2D eigenvalue weighted by Crippen LogP contribution is -2.35. The average Bonchev–Trinajstić information content (AvgIpc) is 3.08. The molecule has 138 valence electrons. The van der Waals surface area contributed by atoms with Gasteiger partial charge in [0.1, 0.15) is 22.9 Å². The van der Waals surface area contributed by atoms with E-state index in [-0.39, 0.29) is 17.1 Å². The highest BCUT2D eigenvalue weighted by molar-refractivity contribution is 6.11. The topological polar surface area (TPSA) is 71.8 Å². The number of fused-ring (bicyclic) bond motifs is 2. The Bertz CT molecular complexity index is 1150. The Balaban J connectivity index is 1.90. The number of pyridine rings is 1. The van der Waals surface area contributed by atoms with Gasteiger partial charge in [-0.1, -0.05) is 0 Å². The Hall–Kier alpha value is -3.35.